The van der Waals surface area contributed by atoms with Crippen molar-refractivity contribution in [3.63, 3.8) is 0 Å². The lowest BCUT2D eigenvalue weighted by molar-refractivity contribution is -0.137. The molecule has 1 aliphatic heterocycles. The summed E-state index contributed by atoms with van der Waals surface area (Å²) in [5.74, 6) is -0.302. The Morgan fingerprint density at radius 2 is 1.97 bits per heavy atom. The zero-order valence-electron chi connectivity index (χ0n) is 15.1. The molecule has 1 unspecified atom stereocenters. The van der Waals surface area contributed by atoms with Gasteiger partial charge in [-0.05, 0) is 48.0 Å². The summed E-state index contributed by atoms with van der Waals surface area (Å²) in [7, 11) is 0. The van der Waals surface area contributed by atoms with E-state index in [-0.39, 0.29) is 31.3 Å². The fraction of sp³-hybridized carbons (Fsp3) is 0.250. The number of urea groups is 1. The Kier molecular flexibility index (Phi) is 4.92. The number of hydrogen-bond acceptors (Lipinski definition) is 2. The summed E-state index contributed by atoms with van der Waals surface area (Å²) in [6, 6.07) is 9.24. The van der Waals surface area contributed by atoms with Gasteiger partial charge in [0.25, 0.3) is 0 Å². The maximum Gasteiger partial charge on any atom is 0.416 e. The molecule has 0 saturated heterocycles. The van der Waals surface area contributed by atoms with Gasteiger partial charge in [-0.15, -0.1) is 0 Å². The van der Waals surface area contributed by atoms with Crippen molar-refractivity contribution in [1.29, 1.82) is 0 Å². The molecule has 4 rings (SSSR count). The molecule has 0 aliphatic carbocycles. The largest absolute Gasteiger partial charge is 0.416 e. The average molecular weight is 424 g/mol. The first-order valence-electron chi connectivity index (χ1n) is 8.90. The number of nitrogens with zero attached hydrogens (tertiary/aromatic N) is 1. The van der Waals surface area contributed by atoms with Crippen LogP contribution in [0, 0.1) is 0 Å². The quantitative estimate of drug-likeness (QED) is 0.545. The highest BCUT2D eigenvalue weighted by Crippen LogP contribution is 2.36. The van der Waals surface area contributed by atoms with Crippen LogP contribution in [0.5, 0.6) is 0 Å². The van der Waals surface area contributed by atoms with Crippen molar-refractivity contribution in [1.82, 2.24) is 9.88 Å². The summed E-state index contributed by atoms with van der Waals surface area (Å²) in [6.45, 7) is 0.399. The van der Waals surface area contributed by atoms with Crippen LogP contribution in [0.15, 0.2) is 42.5 Å². The summed E-state index contributed by atoms with van der Waals surface area (Å²) < 4.78 is 38.0. The molecule has 3 N–H and O–H groups in total. The minimum Gasteiger partial charge on any atom is -0.396 e. The van der Waals surface area contributed by atoms with Gasteiger partial charge in [-0.1, -0.05) is 11.6 Å². The fourth-order valence-electron chi connectivity index (χ4n) is 3.69. The van der Waals surface area contributed by atoms with Crippen LogP contribution in [0.1, 0.15) is 22.7 Å². The number of H-pyrrole nitrogens is 1. The van der Waals surface area contributed by atoms with E-state index in [0.717, 1.165) is 34.3 Å². The Balaban J connectivity index is 1.56. The molecule has 9 heteroatoms. The van der Waals surface area contributed by atoms with Gasteiger partial charge in [0.05, 0.1) is 18.7 Å². The summed E-state index contributed by atoms with van der Waals surface area (Å²) >= 11 is 6.10. The molecule has 0 saturated carbocycles. The number of carbonyl (C=O) groups is 1. The molecule has 29 heavy (non-hydrogen) atoms. The van der Waals surface area contributed by atoms with Crippen molar-refractivity contribution >= 4 is 34.2 Å². The molecule has 0 spiro atoms. The van der Waals surface area contributed by atoms with Gasteiger partial charge in [0, 0.05) is 39.8 Å². The van der Waals surface area contributed by atoms with Crippen molar-refractivity contribution in [3.05, 3.63) is 64.3 Å². The van der Waals surface area contributed by atoms with E-state index in [4.69, 9.17) is 11.6 Å². The number of aliphatic hydroxyl groups is 1. The van der Waals surface area contributed by atoms with Crippen LogP contribution in [0.2, 0.25) is 5.02 Å². The summed E-state index contributed by atoms with van der Waals surface area (Å²) in [5, 5.41) is 14.0. The predicted octanol–water partition coefficient (Wildman–Crippen LogP) is 4.96. The van der Waals surface area contributed by atoms with Gasteiger partial charge < -0.3 is 20.3 Å². The number of nitrogens with one attached hydrogen (secondary N) is 2. The van der Waals surface area contributed by atoms with Crippen LogP contribution >= 0.6 is 11.6 Å². The van der Waals surface area contributed by atoms with Gasteiger partial charge in [0.15, 0.2) is 0 Å². The summed E-state index contributed by atoms with van der Waals surface area (Å²) in [6.07, 6.45) is -4.43. The first-order valence-corrected chi connectivity index (χ1v) is 9.28. The fourth-order valence-corrected chi connectivity index (χ4v) is 3.87. The minimum atomic E-state index is -4.43. The van der Waals surface area contributed by atoms with Crippen LogP contribution in [-0.2, 0) is 12.7 Å². The van der Waals surface area contributed by atoms with Crippen molar-refractivity contribution in [2.75, 3.05) is 18.5 Å². The Hall–Kier alpha value is -2.71. The second-order valence-electron chi connectivity index (χ2n) is 6.97. The first kappa shape index (κ1) is 19.6. The molecule has 3 aromatic rings. The highest BCUT2D eigenvalue weighted by atomic mass is 35.5. The van der Waals surface area contributed by atoms with Gasteiger partial charge in [-0.3, -0.25) is 0 Å². The molecule has 2 aromatic carbocycles. The van der Waals surface area contributed by atoms with E-state index in [2.05, 4.69) is 10.3 Å². The van der Waals surface area contributed by atoms with Crippen LogP contribution in [0.4, 0.5) is 23.7 Å². The molecule has 152 valence electrons. The van der Waals surface area contributed by atoms with Crippen LogP contribution in [-0.4, -0.2) is 34.2 Å². The third kappa shape index (κ3) is 3.77. The standard InChI is InChI=1S/C20H17ClF3N3O2/c21-13-3-6-16-15(7-13)18-11(10-28)8-27(9-17(18)26-16)19(29)25-14-4-1-12(2-5-14)20(22,23)24/h1-7,11,26,28H,8-10H2,(H,25,29). The van der Waals surface area contributed by atoms with Crippen molar-refractivity contribution < 1.29 is 23.1 Å². The maximum absolute atomic E-state index is 12.7. The monoisotopic (exact) mass is 423 g/mol. The third-order valence-corrected chi connectivity index (χ3v) is 5.29. The van der Waals surface area contributed by atoms with Gasteiger partial charge in [-0.2, -0.15) is 13.2 Å². The van der Waals surface area contributed by atoms with Gasteiger partial charge >= 0.3 is 12.2 Å². The number of fused-ring (bicyclic) bond motifs is 3. The number of benzene rings is 2. The molecule has 2 amide bonds. The van der Waals surface area contributed by atoms with Gasteiger partial charge in [0.1, 0.15) is 0 Å². The Labute approximate surface area is 169 Å². The second-order valence-corrected chi connectivity index (χ2v) is 7.41. The number of hydrogen-bond donors (Lipinski definition) is 3. The third-order valence-electron chi connectivity index (χ3n) is 5.05. The SMILES string of the molecule is O=C(Nc1ccc(C(F)(F)F)cc1)N1Cc2[nH]c3ccc(Cl)cc3c2C(CO)C1. The summed E-state index contributed by atoms with van der Waals surface area (Å²) in [5.41, 5.74) is 2.08. The molecule has 5 nitrogen and oxygen atoms in total. The van der Waals surface area contributed by atoms with Crippen LogP contribution in [0.3, 0.4) is 0 Å². The van der Waals surface area contributed by atoms with E-state index in [1.807, 2.05) is 12.1 Å². The Bertz CT molecular complexity index is 1060. The van der Waals surface area contributed by atoms with Crippen molar-refractivity contribution in [2.45, 2.75) is 18.6 Å². The molecular weight excluding hydrogens is 407 g/mol. The molecule has 0 bridgehead atoms. The lowest BCUT2D eigenvalue weighted by Gasteiger charge is -2.32. The van der Waals surface area contributed by atoms with Crippen LogP contribution < -0.4 is 5.32 Å². The Morgan fingerprint density at radius 1 is 1.24 bits per heavy atom. The topological polar surface area (TPSA) is 68.4 Å². The molecule has 1 aliphatic rings. The number of carbonyl (C=O) groups excluding carboxylic acids is 1. The number of aromatic nitrogens is 1. The second kappa shape index (κ2) is 7.27. The first-order chi connectivity index (χ1) is 13.8. The average Bonchev–Trinajstić information content (AvgIpc) is 3.04. The summed E-state index contributed by atoms with van der Waals surface area (Å²) in [4.78, 5) is 17.4. The van der Waals surface area contributed by atoms with E-state index < -0.39 is 17.8 Å². The molecule has 1 atom stereocenters. The van der Waals surface area contributed by atoms with Gasteiger partial charge in [-0.25, -0.2) is 4.79 Å². The maximum atomic E-state index is 12.7. The van der Waals surface area contributed by atoms with Gasteiger partial charge in [0.2, 0.25) is 0 Å². The minimum absolute atomic E-state index is 0.156. The molecule has 1 aromatic heterocycles. The number of halogens is 4. The van der Waals surface area contributed by atoms with E-state index in [9.17, 15) is 23.1 Å². The number of rotatable bonds is 2. The molecule has 0 fully saturated rings. The number of anilines is 1. The zero-order chi connectivity index (χ0) is 20.8. The zero-order valence-corrected chi connectivity index (χ0v) is 15.8. The van der Waals surface area contributed by atoms with Crippen LogP contribution in [0.25, 0.3) is 10.9 Å². The number of amides is 2. The smallest absolute Gasteiger partial charge is 0.396 e. The highest BCUT2D eigenvalue weighted by molar-refractivity contribution is 6.31. The van der Waals surface area contributed by atoms with E-state index in [1.165, 1.54) is 17.0 Å². The molecule has 2 heterocycles. The lowest BCUT2D eigenvalue weighted by atomic mass is 9.92. The number of aromatic amines is 1. The lowest BCUT2D eigenvalue weighted by Crippen LogP contribution is -2.41. The Morgan fingerprint density at radius 3 is 2.62 bits per heavy atom. The highest BCUT2D eigenvalue weighted by Gasteiger charge is 2.32. The van der Waals surface area contributed by atoms with E-state index >= 15 is 0 Å². The normalized spacial score (nSPS) is 16.7. The van der Waals surface area contributed by atoms with E-state index in [1.54, 1.807) is 6.07 Å². The van der Waals surface area contributed by atoms with Crippen molar-refractivity contribution in [3.8, 4) is 0 Å². The molecular formula is C20H17ClF3N3O2. The number of aliphatic hydroxyl groups excluding tert-OH is 1. The predicted molar refractivity (Wildman–Crippen MR) is 104 cm³/mol. The molecule has 0 radical (unpaired) electrons. The van der Waals surface area contributed by atoms with E-state index in [0.29, 0.717) is 5.02 Å². The number of alkyl halides is 3. The van der Waals surface area contributed by atoms with Crippen molar-refractivity contribution in [2.24, 2.45) is 0 Å².